The molecular weight excluding hydrogens is 242 g/mol. The van der Waals surface area contributed by atoms with Gasteiger partial charge in [0.1, 0.15) is 0 Å². The van der Waals surface area contributed by atoms with Crippen molar-refractivity contribution >= 4 is 11.8 Å². The summed E-state index contributed by atoms with van der Waals surface area (Å²) in [7, 11) is 0. The number of ether oxygens (including phenoxy) is 1. The summed E-state index contributed by atoms with van der Waals surface area (Å²) in [6.45, 7) is 2.21. The van der Waals surface area contributed by atoms with E-state index in [4.69, 9.17) is 4.74 Å². The lowest BCUT2D eigenvalue weighted by atomic mass is 9.78. The molecule has 1 spiro atoms. The third kappa shape index (κ3) is 3.23. The lowest BCUT2D eigenvalue weighted by Crippen LogP contribution is -2.49. The average molecular weight is 269 g/mol. The van der Waals surface area contributed by atoms with E-state index < -0.39 is 0 Å². The maximum atomic E-state index is 6.16. The molecule has 2 heterocycles. The van der Waals surface area contributed by atoms with Crippen LogP contribution in [0.1, 0.15) is 57.8 Å². The first-order chi connectivity index (χ1) is 8.86. The van der Waals surface area contributed by atoms with Crippen LogP contribution < -0.4 is 5.32 Å². The topological polar surface area (TPSA) is 21.3 Å². The van der Waals surface area contributed by atoms with Crippen LogP contribution in [-0.4, -0.2) is 35.8 Å². The summed E-state index contributed by atoms with van der Waals surface area (Å²) >= 11 is 2.16. The van der Waals surface area contributed by atoms with E-state index in [0.29, 0.717) is 0 Å². The van der Waals surface area contributed by atoms with Gasteiger partial charge in [-0.1, -0.05) is 19.3 Å². The second-order valence-electron chi connectivity index (χ2n) is 6.33. The maximum absolute atomic E-state index is 6.16. The molecule has 104 valence electrons. The first-order valence-corrected chi connectivity index (χ1v) is 8.90. The van der Waals surface area contributed by atoms with Crippen molar-refractivity contribution in [3.63, 3.8) is 0 Å². The fourth-order valence-electron chi connectivity index (χ4n) is 3.85. The van der Waals surface area contributed by atoms with Gasteiger partial charge in [0.15, 0.2) is 0 Å². The lowest BCUT2D eigenvalue weighted by molar-refractivity contribution is -0.109. The summed E-state index contributed by atoms with van der Waals surface area (Å²) in [5, 5.41) is 4.72. The Balaban J connectivity index is 1.47. The first-order valence-electron chi connectivity index (χ1n) is 7.85. The molecule has 1 N–H and O–H groups in total. The number of thioether (sulfide) groups is 1. The highest BCUT2D eigenvalue weighted by Gasteiger charge is 2.38. The molecule has 3 aliphatic rings. The van der Waals surface area contributed by atoms with Gasteiger partial charge in [0, 0.05) is 24.4 Å². The maximum Gasteiger partial charge on any atom is 0.0697 e. The zero-order chi connectivity index (χ0) is 12.3. The first kappa shape index (κ1) is 13.3. The van der Waals surface area contributed by atoms with Crippen LogP contribution in [0.3, 0.4) is 0 Å². The smallest absolute Gasteiger partial charge is 0.0697 e. The predicted octanol–water partition coefficient (Wildman–Crippen LogP) is 3.35. The number of rotatable bonds is 3. The third-order valence-corrected chi connectivity index (χ3v) is 6.31. The van der Waals surface area contributed by atoms with E-state index in [1.54, 1.807) is 0 Å². The van der Waals surface area contributed by atoms with Crippen molar-refractivity contribution < 1.29 is 4.74 Å². The Bertz CT molecular complexity index is 254. The fraction of sp³-hybridized carbons (Fsp3) is 1.00. The molecule has 0 radical (unpaired) electrons. The Morgan fingerprint density at radius 1 is 1.11 bits per heavy atom. The molecule has 3 fully saturated rings. The van der Waals surface area contributed by atoms with Crippen LogP contribution in [0, 0.1) is 0 Å². The molecule has 2 aliphatic heterocycles. The van der Waals surface area contributed by atoms with Crippen molar-refractivity contribution in [2.75, 3.05) is 18.9 Å². The molecule has 0 amide bonds. The molecular formula is C15H27NOS. The van der Waals surface area contributed by atoms with Crippen molar-refractivity contribution in [1.29, 1.82) is 0 Å². The molecule has 18 heavy (non-hydrogen) atoms. The third-order valence-electron chi connectivity index (χ3n) is 4.92. The summed E-state index contributed by atoms with van der Waals surface area (Å²) < 4.78 is 6.16. The minimum atomic E-state index is 0.261. The normalized spacial score (nSPS) is 36.0. The summed E-state index contributed by atoms with van der Waals surface area (Å²) in [5.74, 6) is 1.38. The minimum Gasteiger partial charge on any atom is -0.375 e. The standard InChI is InChI=1S/C15H27NOS/c1-2-7-15(8-3-1)11-13(6-9-17-15)16-12-14-5-4-10-18-14/h13-14,16H,1-12H2. The summed E-state index contributed by atoms with van der Waals surface area (Å²) in [6.07, 6.45) is 12.1. The molecule has 0 aromatic carbocycles. The van der Waals surface area contributed by atoms with Crippen molar-refractivity contribution in [3.8, 4) is 0 Å². The molecule has 2 nitrogen and oxygen atoms in total. The van der Waals surface area contributed by atoms with E-state index >= 15 is 0 Å². The second-order valence-corrected chi connectivity index (χ2v) is 7.73. The van der Waals surface area contributed by atoms with E-state index in [1.165, 1.54) is 70.1 Å². The summed E-state index contributed by atoms with van der Waals surface area (Å²) in [4.78, 5) is 0. The number of hydrogen-bond donors (Lipinski definition) is 1. The van der Waals surface area contributed by atoms with Crippen LogP contribution in [0.4, 0.5) is 0 Å². The molecule has 2 atom stereocenters. The quantitative estimate of drug-likeness (QED) is 0.849. The van der Waals surface area contributed by atoms with Gasteiger partial charge in [0.25, 0.3) is 0 Å². The lowest BCUT2D eigenvalue weighted by Gasteiger charge is -2.44. The van der Waals surface area contributed by atoms with Gasteiger partial charge in [-0.15, -0.1) is 0 Å². The fourth-order valence-corrected chi connectivity index (χ4v) is 5.06. The van der Waals surface area contributed by atoms with Gasteiger partial charge < -0.3 is 10.1 Å². The average Bonchev–Trinajstić information content (AvgIpc) is 2.91. The van der Waals surface area contributed by atoms with E-state index in [-0.39, 0.29) is 5.60 Å². The Morgan fingerprint density at radius 3 is 2.78 bits per heavy atom. The Kier molecular flexibility index (Phi) is 4.53. The molecule has 1 saturated carbocycles. The number of nitrogens with one attached hydrogen (secondary N) is 1. The molecule has 0 aromatic rings. The molecule has 3 rings (SSSR count). The van der Waals surface area contributed by atoms with Crippen molar-refractivity contribution in [2.45, 2.75) is 74.7 Å². The van der Waals surface area contributed by atoms with Gasteiger partial charge >= 0.3 is 0 Å². The highest BCUT2D eigenvalue weighted by atomic mass is 32.2. The van der Waals surface area contributed by atoms with Crippen LogP contribution in [-0.2, 0) is 4.74 Å². The SMILES string of the molecule is C1CCC2(CC1)CC(NCC1CCCS1)CCO2. The highest BCUT2D eigenvalue weighted by Crippen LogP contribution is 2.38. The largest absolute Gasteiger partial charge is 0.375 e. The van der Waals surface area contributed by atoms with Gasteiger partial charge in [-0.05, 0) is 44.3 Å². The molecule has 2 saturated heterocycles. The van der Waals surface area contributed by atoms with Crippen molar-refractivity contribution in [3.05, 3.63) is 0 Å². The van der Waals surface area contributed by atoms with Gasteiger partial charge in [-0.25, -0.2) is 0 Å². The van der Waals surface area contributed by atoms with Crippen LogP contribution in [0.15, 0.2) is 0 Å². The highest BCUT2D eigenvalue weighted by molar-refractivity contribution is 8.00. The minimum absolute atomic E-state index is 0.261. The molecule has 3 heteroatoms. The molecule has 1 aliphatic carbocycles. The summed E-state index contributed by atoms with van der Waals surface area (Å²) in [6, 6.07) is 0.720. The Morgan fingerprint density at radius 2 is 2.00 bits per heavy atom. The zero-order valence-corrected chi connectivity index (χ0v) is 12.3. The van der Waals surface area contributed by atoms with Gasteiger partial charge in [0.2, 0.25) is 0 Å². The molecule has 2 unspecified atom stereocenters. The van der Waals surface area contributed by atoms with Gasteiger partial charge in [-0.2, -0.15) is 11.8 Å². The summed E-state index contributed by atoms with van der Waals surface area (Å²) in [5.41, 5.74) is 0.261. The van der Waals surface area contributed by atoms with Crippen LogP contribution in [0.2, 0.25) is 0 Å². The van der Waals surface area contributed by atoms with Crippen LogP contribution in [0.25, 0.3) is 0 Å². The number of hydrogen-bond acceptors (Lipinski definition) is 3. The zero-order valence-electron chi connectivity index (χ0n) is 11.5. The predicted molar refractivity (Wildman–Crippen MR) is 78.3 cm³/mol. The van der Waals surface area contributed by atoms with E-state index in [1.807, 2.05) is 0 Å². The van der Waals surface area contributed by atoms with Crippen LogP contribution in [0.5, 0.6) is 0 Å². The second kappa shape index (κ2) is 6.15. The van der Waals surface area contributed by atoms with E-state index in [9.17, 15) is 0 Å². The molecule has 0 aromatic heterocycles. The Hall–Kier alpha value is 0.270. The van der Waals surface area contributed by atoms with Crippen molar-refractivity contribution in [1.82, 2.24) is 5.32 Å². The monoisotopic (exact) mass is 269 g/mol. The van der Waals surface area contributed by atoms with Gasteiger partial charge in [-0.3, -0.25) is 0 Å². The van der Waals surface area contributed by atoms with Crippen LogP contribution >= 0.6 is 11.8 Å². The van der Waals surface area contributed by atoms with Crippen molar-refractivity contribution in [2.24, 2.45) is 0 Å². The van der Waals surface area contributed by atoms with E-state index in [0.717, 1.165) is 17.9 Å². The molecule has 0 bridgehead atoms. The van der Waals surface area contributed by atoms with Gasteiger partial charge in [0.05, 0.1) is 5.60 Å². The van der Waals surface area contributed by atoms with E-state index in [2.05, 4.69) is 17.1 Å². The Labute approximate surface area is 116 Å².